The van der Waals surface area contributed by atoms with Crippen molar-refractivity contribution in [3.05, 3.63) is 48.9 Å². The van der Waals surface area contributed by atoms with Crippen LogP contribution in [0.25, 0.3) is 22.2 Å². The smallest absolute Gasteiger partial charge is 0.145 e. The Labute approximate surface area is 117 Å². The zero-order chi connectivity index (χ0) is 13.8. The lowest BCUT2D eigenvalue weighted by atomic mass is 10.1. The van der Waals surface area contributed by atoms with Crippen LogP contribution in [0.2, 0.25) is 0 Å². The fraction of sp³-hybridized carbons (Fsp3) is 0.188. The Bertz CT molecular complexity index is 724. The number of pyridine rings is 1. The molecule has 2 aromatic heterocycles. The lowest BCUT2D eigenvalue weighted by Gasteiger charge is -2.06. The van der Waals surface area contributed by atoms with Gasteiger partial charge in [0, 0.05) is 23.7 Å². The summed E-state index contributed by atoms with van der Waals surface area (Å²) >= 11 is 0. The average molecular weight is 264 g/mol. The van der Waals surface area contributed by atoms with E-state index in [0.717, 1.165) is 40.9 Å². The SMILES string of the molecule is CCCNc1cncc(-c2ccc3cccnc3c2)n1. The molecule has 0 radical (unpaired) electrons. The number of rotatable bonds is 4. The molecule has 0 saturated carbocycles. The molecule has 2 heterocycles. The van der Waals surface area contributed by atoms with Crippen molar-refractivity contribution in [3.8, 4) is 11.3 Å². The van der Waals surface area contributed by atoms with E-state index in [1.54, 1.807) is 18.6 Å². The molecule has 0 aliphatic carbocycles. The minimum absolute atomic E-state index is 0.811. The quantitative estimate of drug-likeness (QED) is 0.783. The Kier molecular flexibility index (Phi) is 3.54. The molecule has 0 atom stereocenters. The standard InChI is InChI=1S/C16H16N4/c1-2-7-19-16-11-17-10-15(20-16)13-6-5-12-4-3-8-18-14(12)9-13/h3-6,8-11H,2,7H2,1H3,(H,19,20). The van der Waals surface area contributed by atoms with E-state index in [1.807, 2.05) is 12.1 Å². The molecule has 4 nitrogen and oxygen atoms in total. The number of anilines is 1. The fourth-order valence-electron chi connectivity index (χ4n) is 2.07. The maximum Gasteiger partial charge on any atom is 0.145 e. The molecule has 3 rings (SSSR count). The van der Waals surface area contributed by atoms with Gasteiger partial charge in [-0.3, -0.25) is 9.97 Å². The Hall–Kier alpha value is -2.49. The monoisotopic (exact) mass is 264 g/mol. The molecule has 4 heteroatoms. The number of fused-ring (bicyclic) bond motifs is 1. The number of nitrogens with zero attached hydrogens (tertiary/aromatic N) is 3. The number of benzene rings is 1. The largest absolute Gasteiger partial charge is 0.369 e. The van der Waals surface area contributed by atoms with Crippen LogP contribution in [-0.2, 0) is 0 Å². The third kappa shape index (κ3) is 2.59. The van der Waals surface area contributed by atoms with Crippen molar-refractivity contribution in [2.75, 3.05) is 11.9 Å². The van der Waals surface area contributed by atoms with Crippen LogP contribution in [-0.4, -0.2) is 21.5 Å². The highest BCUT2D eigenvalue weighted by Crippen LogP contribution is 2.22. The van der Waals surface area contributed by atoms with Crippen LogP contribution in [0.3, 0.4) is 0 Å². The molecule has 0 amide bonds. The minimum Gasteiger partial charge on any atom is -0.369 e. The number of aromatic nitrogens is 3. The number of nitrogens with one attached hydrogen (secondary N) is 1. The van der Waals surface area contributed by atoms with Crippen molar-refractivity contribution in [2.45, 2.75) is 13.3 Å². The Balaban J connectivity index is 1.97. The maximum absolute atomic E-state index is 4.59. The third-order valence-electron chi connectivity index (χ3n) is 3.09. The first-order valence-electron chi connectivity index (χ1n) is 6.78. The summed E-state index contributed by atoms with van der Waals surface area (Å²) in [5.41, 5.74) is 2.86. The Morgan fingerprint density at radius 1 is 1.15 bits per heavy atom. The van der Waals surface area contributed by atoms with Gasteiger partial charge in [-0.2, -0.15) is 0 Å². The number of hydrogen-bond donors (Lipinski definition) is 1. The van der Waals surface area contributed by atoms with Crippen LogP contribution < -0.4 is 5.32 Å². The van der Waals surface area contributed by atoms with Crippen molar-refractivity contribution < 1.29 is 0 Å². The summed E-state index contributed by atoms with van der Waals surface area (Å²) in [6, 6.07) is 10.2. The van der Waals surface area contributed by atoms with Crippen LogP contribution in [0.15, 0.2) is 48.9 Å². The van der Waals surface area contributed by atoms with Crippen LogP contribution in [0.5, 0.6) is 0 Å². The number of hydrogen-bond acceptors (Lipinski definition) is 4. The van der Waals surface area contributed by atoms with Gasteiger partial charge in [0.05, 0.1) is 23.6 Å². The normalized spacial score (nSPS) is 10.7. The van der Waals surface area contributed by atoms with Gasteiger partial charge in [-0.15, -0.1) is 0 Å². The highest BCUT2D eigenvalue weighted by atomic mass is 15.0. The Morgan fingerprint density at radius 2 is 2.10 bits per heavy atom. The molecule has 1 aromatic carbocycles. The lowest BCUT2D eigenvalue weighted by molar-refractivity contribution is 0.965. The van der Waals surface area contributed by atoms with Gasteiger partial charge in [0.15, 0.2) is 0 Å². The summed E-state index contributed by atoms with van der Waals surface area (Å²) in [5, 5.41) is 4.38. The van der Waals surface area contributed by atoms with Crippen LogP contribution in [0.4, 0.5) is 5.82 Å². The fourth-order valence-corrected chi connectivity index (χ4v) is 2.07. The third-order valence-corrected chi connectivity index (χ3v) is 3.09. The molecule has 0 aliphatic rings. The van der Waals surface area contributed by atoms with E-state index in [2.05, 4.69) is 45.4 Å². The van der Waals surface area contributed by atoms with Gasteiger partial charge < -0.3 is 5.32 Å². The van der Waals surface area contributed by atoms with Crippen molar-refractivity contribution in [1.82, 2.24) is 15.0 Å². The van der Waals surface area contributed by atoms with Gasteiger partial charge in [0.1, 0.15) is 5.82 Å². The van der Waals surface area contributed by atoms with E-state index in [4.69, 9.17) is 0 Å². The van der Waals surface area contributed by atoms with E-state index in [-0.39, 0.29) is 0 Å². The van der Waals surface area contributed by atoms with E-state index in [9.17, 15) is 0 Å². The van der Waals surface area contributed by atoms with Crippen LogP contribution in [0.1, 0.15) is 13.3 Å². The van der Waals surface area contributed by atoms with Gasteiger partial charge in [-0.25, -0.2) is 4.98 Å². The van der Waals surface area contributed by atoms with E-state index in [1.165, 1.54) is 0 Å². The summed E-state index contributed by atoms with van der Waals surface area (Å²) in [6.45, 7) is 3.02. The molecule has 0 fully saturated rings. The lowest BCUT2D eigenvalue weighted by Crippen LogP contribution is -2.02. The first-order chi connectivity index (χ1) is 9.86. The maximum atomic E-state index is 4.59. The van der Waals surface area contributed by atoms with Crippen molar-refractivity contribution in [1.29, 1.82) is 0 Å². The van der Waals surface area contributed by atoms with Crippen LogP contribution in [0, 0.1) is 0 Å². The zero-order valence-corrected chi connectivity index (χ0v) is 11.4. The van der Waals surface area contributed by atoms with Gasteiger partial charge in [0.25, 0.3) is 0 Å². The summed E-state index contributed by atoms with van der Waals surface area (Å²) in [4.78, 5) is 13.2. The van der Waals surface area contributed by atoms with Crippen molar-refractivity contribution in [3.63, 3.8) is 0 Å². The summed E-state index contributed by atoms with van der Waals surface area (Å²) in [6.07, 6.45) is 6.39. The molecule has 0 bridgehead atoms. The van der Waals surface area contributed by atoms with E-state index < -0.39 is 0 Å². The molecule has 20 heavy (non-hydrogen) atoms. The minimum atomic E-state index is 0.811. The topological polar surface area (TPSA) is 50.7 Å². The van der Waals surface area contributed by atoms with Gasteiger partial charge in [0.2, 0.25) is 0 Å². The second-order valence-electron chi connectivity index (χ2n) is 4.63. The predicted molar refractivity (Wildman–Crippen MR) is 81.5 cm³/mol. The molecule has 0 aliphatic heterocycles. The summed E-state index contributed by atoms with van der Waals surface area (Å²) < 4.78 is 0. The van der Waals surface area contributed by atoms with Crippen molar-refractivity contribution >= 4 is 16.7 Å². The first-order valence-corrected chi connectivity index (χ1v) is 6.78. The van der Waals surface area contributed by atoms with Gasteiger partial charge in [-0.05, 0) is 18.6 Å². The van der Waals surface area contributed by atoms with Gasteiger partial charge >= 0.3 is 0 Å². The summed E-state index contributed by atoms with van der Waals surface area (Å²) in [7, 11) is 0. The second kappa shape index (κ2) is 5.65. The molecule has 0 spiro atoms. The molecule has 0 unspecified atom stereocenters. The second-order valence-corrected chi connectivity index (χ2v) is 4.63. The average Bonchev–Trinajstić information content (AvgIpc) is 2.53. The molecule has 0 saturated heterocycles. The molecule has 3 aromatic rings. The first kappa shape index (κ1) is 12.5. The highest BCUT2D eigenvalue weighted by Gasteiger charge is 2.03. The molecule has 100 valence electrons. The van der Waals surface area contributed by atoms with E-state index in [0.29, 0.717) is 0 Å². The predicted octanol–water partition coefficient (Wildman–Crippen LogP) is 3.51. The van der Waals surface area contributed by atoms with Crippen LogP contribution >= 0.6 is 0 Å². The molecular weight excluding hydrogens is 248 g/mol. The Morgan fingerprint density at radius 3 is 3.00 bits per heavy atom. The van der Waals surface area contributed by atoms with E-state index >= 15 is 0 Å². The highest BCUT2D eigenvalue weighted by molar-refractivity contribution is 5.83. The molecule has 1 N–H and O–H groups in total. The summed E-state index contributed by atoms with van der Waals surface area (Å²) in [5.74, 6) is 0.811. The van der Waals surface area contributed by atoms with Crippen molar-refractivity contribution in [2.24, 2.45) is 0 Å². The zero-order valence-electron chi connectivity index (χ0n) is 11.4. The van der Waals surface area contributed by atoms with Gasteiger partial charge in [-0.1, -0.05) is 25.1 Å². The molecular formula is C16H16N4.